The molecule has 0 aliphatic heterocycles. The van der Waals surface area contributed by atoms with E-state index in [1.807, 2.05) is 19.9 Å². The van der Waals surface area contributed by atoms with Crippen molar-refractivity contribution in [2.75, 3.05) is 13.2 Å². The van der Waals surface area contributed by atoms with Gasteiger partial charge in [0.15, 0.2) is 4.80 Å². The van der Waals surface area contributed by atoms with E-state index in [0.29, 0.717) is 26.2 Å². The predicted octanol–water partition coefficient (Wildman–Crippen LogP) is 2.89. The smallest absolute Gasteiger partial charge is 0.248 e. The van der Waals surface area contributed by atoms with Crippen LogP contribution >= 0.6 is 11.3 Å². The SMILES string of the molecule is CCOCCn1c(=NC(=O)CC)sc2cccc(C)c21. The van der Waals surface area contributed by atoms with Crippen LogP contribution in [0.1, 0.15) is 25.8 Å². The van der Waals surface area contributed by atoms with E-state index in [-0.39, 0.29) is 5.91 Å². The van der Waals surface area contributed by atoms with Gasteiger partial charge >= 0.3 is 0 Å². The third kappa shape index (κ3) is 3.16. The first kappa shape index (κ1) is 14.9. The zero-order chi connectivity index (χ0) is 14.5. The summed E-state index contributed by atoms with van der Waals surface area (Å²) in [6.45, 7) is 7.93. The van der Waals surface area contributed by atoms with Crippen molar-refractivity contribution in [2.24, 2.45) is 4.99 Å². The van der Waals surface area contributed by atoms with E-state index < -0.39 is 0 Å². The van der Waals surface area contributed by atoms with E-state index in [2.05, 4.69) is 28.6 Å². The van der Waals surface area contributed by atoms with Crippen LogP contribution < -0.4 is 4.80 Å². The minimum atomic E-state index is -0.0839. The van der Waals surface area contributed by atoms with E-state index in [9.17, 15) is 4.79 Å². The molecule has 20 heavy (non-hydrogen) atoms. The topological polar surface area (TPSA) is 43.6 Å². The lowest BCUT2D eigenvalue weighted by Gasteiger charge is -2.07. The Morgan fingerprint density at radius 2 is 2.20 bits per heavy atom. The second-order valence-electron chi connectivity index (χ2n) is 4.51. The molecule has 0 N–H and O–H groups in total. The third-order valence-corrected chi connectivity index (χ3v) is 4.13. The van der Waals surface area contributed by atoms with Crippen LogP contribution in [0.3, 0.4) is 0 Å². The summed E-state index contributed by atoms with van der Waals surface area (Å²) in [6, 6.07) is 6.18. The Balaban J connectivity index is 2.55. The fourth-order valence-corrected chi connectivity index (χ4v) is 3.24. The first-order valence-electron chi connectivity index (χ1n) is 6.91. The summed E-state index contributed by atoms with van der Waals surface area (Å²) < 4.78 is 8.69. The number of aryl methyl sites for hydroxylation is 1. The molecule has 1 heterocycles. The Kier molecular flexibility index (Phi) is 5.09. The van der Waals surface area contributed by atoms with Gasteiger partial charge in [0.25, 0.3) is 0 Å². The standard InChI is InChI=1S/C15H20N2O2S/c1-4-13(18)16-15-17(9-10-19-5-2)14-11(3)7-6-8-12(14)20-15/h6-8H,4-5,9-10H2,1-3H3. The molecule has 1 amide bonds. The number of aromatic nitrogens is 1. The lowest BCUT2D eigenvalue weighted by Crippen LogP contribution is -2.19. The second kappa shape index (κ2) is 6.81. The molecule has 0 unspecified atom stereocenters. The number of fused-ring (bicyclic) bond motifs is 1. The molecule has 0 radical (unpaired) electrons. The van der Waals surface area contributed by atoms with Gasteiger partial charge in [0.05, 0.1) is 16.8 Å². The quantitative estimate of drug-likeness (QED) is 0.795. The van der Waals surface area contributed by atoms with Gasteiger partial charge in [-0.15, -0.1) is 0 Å². The molecule has 5 heteroatoms. The monoisotopic (exact) mass is 292 g/mol. The molecule has 4 nitrogen and oxygen atoms in total. The van der Waals surface area contributed by atoms with Crippen LogP contribution in [-0.4, -0.2) is 23.7 Å². The molecule has 2 rings (SSSR count). The molecular weight excluding hydrogens is 272 g/mol. The largest absolute Gasteiger partial charge is 0.380 e. The number of benzene rings is 1. The van der Waals surface area contributed by atoms with Crippen molar-refractivity contribution in [1.29, 1.82) is 0 Å². The molecular formula is C15H20N2O2S. The average Bonchev–Trinajstić information content (AvgIpc) is 2.78. The molecule has 0 saturated heterocycles. The Hall–Kier alpha value is -1.46. The maximum atomic E-state index is 11.6. The molecule has 108 valence electrons. The number of amides is 1. The van der Waals surface area contributed by atoms with Crippen molar-refractivity contribution >= 4 is 27.5 Å². The van der Waals surface area contributed by atoms with Gasteiger partial charge < -0.3 is 9.30 Å². The number of ether oxygens (including phenoxy) is 1. The van der Waals surface area contributed by atoms with Gasteiger partial charge in [0.1, 0.15) is 0 Å². The Morgan fingerprint density at radius 1 is 1.40 bits per heavy atom. The molecule has 1 aromatic carbocycles. The molecule has 0 aliphatic rings. The van der Waals surface area contributed by atoms with Gasteiger partial charge in [-0.1, -0.05) is 30.4 Å². The van der Waals surface area contributed by atoms with Crippen LogP contribution in [0.5, 0.6) is 0 Å². The highest BCUT2D eigenvalue weighted by Crippen LogP contribution is 2.20. The number of hydrogen-bond acceptors (Lipinski definition) is 3. The summed E-state index contributed by atoms with van der Waals surface area (Å²) in [4.78, 5) is 16.6. The van der Waals surface area contributed by atoms with Crippen molar-refractivity contribution in [3.8, 4) is 0 Å². The fraction of sp³-hybridized carbons (Fsp3) is 0.467. The third-order valence-electron chi connectivity index (χ3n) is 3.09. The predicted molar refractivity (Wildman–Crippen MR) is 81.9 cm³/mol. The molecule has 0 atom stereocenters. The molecule has 1 aromatic heterocycles. The number of thiazole rings is 1. The highest BCUT2D eigenvalue weighted by atomic mass is 32.1. The zero-order valence-electron chi connectivity index (χ0n) is 12.2. The van der Waals surface area contributed by atoms with Gasteiger partial charge in [-0.05, 0) is 25.5 Å². The summed E-state index contributed by atoms with van der Waals surface area (Å²) in [5.41, 5.74) is 2.35. The van der Waals surface area contributed by atoms with Crippen LogP contribution in [0.15, 0.2) is 23.2 Å². The van der Waals surface area contributed by atoms with Gasteiger partial charge in [-0.3, -0.25) is 4.79 Å². The molecule has 0 fully saturated rings. The fourth-order valence-electron chi connectivity index (χ4n) is 2.09. The summed E-state index contributed by atoms with van der Waals surface area (Å²) in [5.74, 6) is -0.0839. The molecule has 2 aromatic rings. The molecule has 0 bridgehead atoms. The van der Waals surface area contributed by atoms with E-state index >= 15 is 0 Å². The maximum Gasteiger partial charge on any atom is 0.248 e. The average molecular weight is 292 g/mol. The van der Waals surface area contributed by atoms with Gasteiger partial charge in [-0.2, -0.15) is 4.99 Å². The number of para-hydroxylation sites is 1. The number of nitrogens with zero attached hydrogens (tertiary/aromatic N) is 2. The summed E-state index contributed by atoms with van der Waals surface area (Å²) in [5, 5.41) is 0. The van der Waals surface area contributed by atoms with Crippen LogP contribution in [-0.2, 0) is 16.1 Å². The Morgan fingerprint density at radius 3 is 2.90 bits per heavy atom. The van der Waals surface area contributed by atoms with Gasteiger partial charge in [-0.25, -0.2) is 0 Å². The number of rotatable bonds is 5. The highest BCUT2D eigenvalue weighted by molar-refractivity contribution is 7.16. The lowest BCUT2D eigenvalue weighted by atomic mass is 10.2. The summed E-state index contributed by atoms with van der Waals surface area (Å²) in [7, 11) is 0. The van der Waals surface area contributed by atoms with E-state index in [0.717, 1.165) is 15.0 Å². The van der Waals surface area contributed by atoms with Crippen molar-refractivity contribution in [1.82, 2.24) is 4.57 Å². The number of carbonyl (C=O) groups excluding carboxylic acids is 1. The lowest BCUT2D eigenvalue weighted by molar-refractivity contribution is -0.117. The minimum absolute atomic E-state index is 0.0839. The van der Waals surface area contributed by atoms with Crippen LogP contribution in [0, 0.1) is 6.92 Å². The maximum absolute atomic E-state index is 11.6. The summed E-state index contributed by atoms with van der Waals surface area (Å²) >= 11 is 1.56. The van der Waals surface area contributed by atoms with Crippen molar-refractivity contribution in [3.05, 3.63) is 28.6 Å². The summed E-state index contributed by atoms with van der Waals surface area (Å²) in [6.07, 6.45) is 0.429. The first-order chi connectivity index (χ1) is 9.67. The van der Waals surface area contributed by atoms with Gasteiger partial charge in [0.2, 0.25) is 5.91 Å². The zero-order valence-corrected chi connectivity index (χ0v) is 13.0. The van der Waals surface area contributed by atoms with Crippen LogP contribution in [0.25, 0.3) is 10.2 Å². The van der Waals surface area contributed by atoms with Crippen molar-refractivity contribution < 1.29 is 9.53 Å². The number of carbonyl (C=O) groups is 1. The Labute approximate surface area is 122 Å². The Bertz CT molecular complexity index is 670. The number of hydrogen-bond donors (Lipinski definition) is 0. The van der Waals surface area contributed by atoms with Crippen LogP contribution in [0.4, 0.5) is 0 Å². The van der Waals surface area contributed by atoms with Crippen molar-refractivity contribution in [3.63, 3.8) is 0 Å². The van der Waals surface area contributed by atoms with Gasteiger partial charge in [0, 0.05) is 19.6 Å². The van der Waals surface area contributed by atoms with E-state index in [1.54, 1.807) is 11.3 Å². The van der Waals surface area contributed by atoms with E-state index in [4.69, 9.17) is 4.74 Å². The molecule has 0 saturated carbocycles. The second-order valence-corrected chi connectivity index (χ2v) is 5.52. The minimum Gasteiger partial charge on any atom is -0.380 e. The first-order valence-corrected chi connectivity index (χ1v) is 7.73. The molecule has 0 aliphatic carbocycles. The normalized spacial score (nSPS) is 12.2. The highest BCUT2D eigenvalue weighted by Gasteiger charge is 2.09. The van der Waals surface area contributed by atoms with Crippen molar-refractivity contribution in [2.45, 2.75) is 33.7 Å². The molecule has 0 spiro atoms. The van der Waals surface area contributed by atoms with E-state index in [1.165, 1.54) is 5.56 Å². The van der Waals surface area contributed by atoms with Crippen LogP contribution in [0.2, 0.25) is 0 Å².